The van der Waals surface area contributed by atoms with E-state index in [4.69, 9.17) is 5.11 Å². The van der Waals surface area contributed by atoms with Crippen LogP contribution in [0.4, 0.5) is 0 Å². The number of amides is 1. The van der Waals surface area contributed by atoms with Crippen molar-refractivity contribution < 1.29 is 15.0 Å². The number of benzene rings is 1. The number of rotatable bonds is 7. The number of aromatic hydroxyl groups is 1. The van der Waals surface area contributed by atoms with Crippen LogP contribution in [0.1, 0.15) is 36.5 Å². The molecule has 0 spiro atoms. The molecule has 0 atom stereocenters. The maximum atomic E-state index is 12.3. The van der Waals surface area contributed by atoms with E-state index in [1.165, 1.54) is 6.07 Å². The fourth-order valence-electron chi connectivity index (χ4n) is 1.82. The molecule has 106 valence electrons. The highest BCUT2D eigenvalue weighted by molar-refractivity contribution is 9.10. The molecular weight excluding hydrogens is 310 g/mol. The first kappa shape index (κ1) is 16.0. The normalized spacial score (nSPS) is 10.5. The quantitative estimate of drug-likeness (QED) is 0.756. The van der Waals surface area contributed by atoms with E-state index < -0.39 is 0 Å². The molecule has 1 aromatic rings. The standard InChI is InChI=1S/C14H20BrNO3/c1-2-3-4-7-16(8-9-17)14(19)11-5-6-12(15)13(18)10-11/h5-6,10,17-18H,2-4,7-9H2,1H3. The minimum atomic E-state index is -0.159. The Kier molecular flexibility index (Phi) is 6.87. The molecule has 0 saturated heterocycles. The molecule has 5 heteroatoms. The topological polar surface area (TPSA) is 60.8 Å². The van der Waals surface area contributed by atoms with Gasteiger partial charge in [-0.3, -0.25) is 4.79 Å². The Morgan fingerprint density at radius 3 is 2.63 bits per heavy atom. The molecule has 0 aliphatic heterocycles. The van der Waals surface area contributed by atoms with Gasteiger partial charge >= 0.3 is 0 Å². The first-order valence-electron chi connectivity index (χ1n) is 6.48. The van der Waals surface area contributed by atoms with Crippen LogP contribution in [0.15, 0.2) is 22.7 Å². The number of halogens is 1. The second-order valence-electron chi connectivity index (χ2n) is 4.39. The van der Waals surface area contributed by atoms with Crippen LogP contribution in [0.25, 0.3) is 0 Å². The average molecular weight is 330 g/mol. The van der Waals surface area contributed by atoms with E-state index >= 15 is 0 Å². The largest absolute Gasteiger partial charge is 0.507 e. The number of aliphatic hydroxyl groups is 1. The number of unbranched alkanes of at least 4 members (excludes halogenated alkanes) is 2. The molecule has 0 fully saturated rings. The Bertz CT molecular complexity index is 423. The number of carbonyl (C=O) groups excluding carboxylic acids is 1. The van der Waals surface area contributed by atoms with Crippen LogP contribution in [-0.4, -0.2) is 40.7 Å². The van der Waals surface area contributed by atoms with Crippen LogP contribution in [0.5, 0.6) is 5.75 Å². The number of hydrogen-bond acceptors (Lipinski definition) is 3. The molecule has 0 unspecified atom stereocenters. The number of phenols is 1. The number of carbonyl (C=O) groups is 1. The van der Waals surface area contributed by atoms with Crippen molar-refractivity contribution in [1.82, 2.24) is 4.90 Å². The Morgan fingerprint density at radius 1 is 1.32 bits per heavy atom. The fraction of sp³-hybridized carbons (Fsp3) is 0.500. The predicted molar refractivity (Wildman–Crippen MR) is 78.3 cm³/mol. The summed E-state index contributed by atoms with van der Waals surface area (Å²) in [6.07, 6.45) is 3.06. The predicted octanol–water partition coefficient (Wildman–Crippen LogP) is 2.78. The van der Waals surface area contributed by atoms with Gasteiger partial charge in [-0.05, 0) is 40.5 Å². The van der Waals surface area contributed by atoms with Gasteiger partial charge in [0.15, 0.2) is 0 Å². The van der Waals surface area contributed by atoms with Crippen molar-refractivity contribution in [2.45, 2.75) is 26.2 Å². The molecule has 1 aromatic carbocycles. The summed E-state index contributed by atoms with van der Waals surface area (Å²) < 4.78 is 0.559. The van der Waals surface area contributed by atoms with E-state index in [0.29, 0.717) is 23.1 Å². The van der Waals surface area contributed by atoms with Crippen LogP contribution in [0.2, 0.25) is 0 Å². The van der Waals surface area contributed by atoms with Gasteiger partial charge in [-0.2, -0.15) is 0 Å². The van der Waals surface area contributed by atoms with Crippen molar-refractivity contribution in [3.8, 4) is 5.75 Å². The summed E-state index contributed by atoms with van der Waals surface area (Å²) in [5, 5.41) is 18.6. The highest BCUT2D eigenvalue weighted by Gasteiger charge is 2.16. The molecule has 0 bridgehead atoms. The first-order valence-corrected chi connectivity index (χ1v) is 7.28. The van der Waals surface area contributed by atoms with Gasteiger partial charge in [-0.25, -0.2) is 0 Å². The zero-order valence-electron chi connectivity index (χ0n) is 11.1. The summed E-state index contributed by atoms with van der Waals surface area (Å²) in [6, 6.07) is 4.75. The van der Waals surface area contributed by atoms with E-state index in [1.807, 2.05) is 0 Å². The molecule has 0 saturated carbocycles. The summed E-state index contributed by atoms with van der Waals surface area (Å²) in [7, 11) is 0. The van der Waals surface area contributed by atoms with Gasteiger partial charge in [0.1, 0.15) is 5.75 Å². The molecule has 0 aliphatic rings. The van der Waals surface area contributed by atoms with Crippen molar-refractivity contribution in [2.24, 2.45) is 0 Å². The Labute approximate surface area is 122 Å². The third kappa shape index (κ3) is 4.84. The minimum absolute atomic E-state index is 0.0448. The molecule has 19 heavy (non-hydrogen) atoms. The molecule has 1 rings (SSSR count). The Balaban J connectivity index is 2.76. The lowest BCUT2D eigenvalue weighted by atomic mass is 10.1. The zero-order chi connectivity index (χ0) is 14.3. The summed E-state index contributed by atoms with van der Waals surface area (Å²) >= 11 is 3.18. The minimum Gasteiger partial charge on any atom is -0.507 e. The van der Waals surface area contributed by atoms with Gasteiger partial charge in [0, 0.05) is 18.7 Å². The second kappa shape index (κ2) is 8.17. The molecular formula is C14H20BrNO3. The van der Waals surface area contributed by atoms with Crippen LogP contribution >= 0.6 is 15.9 Å². The van der Waals surface area contributed by atoms with Crippen molar-refractivity contribution in [1.29, 1.82) is 0 Å². The maximum absolute atomic E-state index is 12.3. The highest BCUT2D eigenvalue weighted by Crippen LogP contribution is 2.24. The van der Waals surface area contributed by atoms with Crippen molar-refractivity contribution >= 4 is 21.8 Å². The van der Waals surface area contributed by atoms with Crippen LogP contribution in [0.3, 0.4) is 0 Å². The molecule has 0 radical (unpaired) electrons. The molecule has 1 amide bonds. The van der Waals surface area contributed by atoms with Gasteiger partial charge in [0.25, 0.3) is 5.91 Å². The van der Waals surface area contributed by atoms with Gasteiger partial charge in [0.2, 0.25) is 0 Å². The smallest absolute Gasteiger partial charge is 0.254 e. The lowest BCUT2D eigenvalue weighted by Gasteiger charge is -2.22. The third-order valence-electron chi connectivity index (χ3n) is 2.88. The molecule has 0 aliphatic carbocycles. The van der Waals surface area contributed by atoms with E-state index in [2.05, 4.69) is 22.9 Å². The zero-order valence-corrected chi connectivity index (χ0v) is 12.7. The van der Waals surface area contributed by atoms with Gasteiger partial charge in [-0.1, -0.05) is 19.8 Å². The van der Waals surface area contributed by atoms with Crippen molar-refractivity contribution in [3.05, 3.63) is 28.2 Å². The van der Waals surface area contributed by atoms with Crippen LogP contribution < -0.4 is 0 Å². The number of aliphatic hydroxyl groups excluding tert-OH is 1. The van der Waals surface area contributed by atoms with E-state index in [1.54, 1.807) is 17.0 Å². The molecule has 0 aromatic heterocycles. The lowest BCUT2D eigenvalue weighted by Crippen LogP contribution is -2.34. The van der Waals surface area contributed by atoms with Gasteiger partial charge < -0.3 is 15.1 Å². The lowest BCUT2D eigenvalue weighted by molar-refractivity contribution is 0.0718. The molecule has 4 nitrogen and oxygen atoms in total. The number of hydrogen-bond donors (Lipinski definition) is 2. The van der Waals surface area contributed by atoms with E-state index in [-0.39, 0.29) is 18.3 Å². The molecule has 0 heterocycles. The summed E-state index contributed by atoms with van der Waals surface area (Å²) in [5.74, 6) is -0.115. The van der Waals surface area contributed by atoms with E-state index in [9.17, 15) is 9.90 Å². The van der Waals surface area contributed by atoms with Crippen LogP contribution in [-0.2, 0) is 0 Å². The highest BCUT2D eigenvalue weighted by atomic mass is 79.9. The monoisotopic (exact) mass is 329 g/mol. The van der Waals surface area contributed by atoms with Gasteiger partial charge in [-0.15, -0.1) is 0 Å². The summed E-state index contributed by atoms with van der Waals surface area (Å²) in [4.78, 5) is 13.9. The number of phenolic OH excluding ortho intramolecular Hbond substituents is 1. The average Bonchev–Trinajstić information content (AvgIpc) is 2.40. The van der Waals surface area contributed by atoms with Crippen molar-refractivity contribution in [2.75, 3.05) is 19.7 Å². The summed E-state index contributed by atoms with van der Waals surface area (Å²) in [6.45, 7) is 2.99. The second-order valence-corrected chi connectivity index (χ2v) is 5.24. The Hall–Kier alpha value is -1.07. The summed E-state index contributed by atoms with van der Waals surface area (Å²) in [5.41, 5.74) is 0.436. The molecule has 2 N–H and O–H groups in total. The number of nitrogens with zero attached hydrogens (tertiary/aromatic N) is 1. The first-order chi connectivity index (χ1) is 9.10. The van der Waals surface area contributed by atoms with Crippen molar-refractivity contribution in [3.63, 3.8) is 0 Å². The van der Waals surface area contributed by atoms with Crippen LogP contribution in [0, 0.1) is 0 Å². The van der Waals surface area contributed by atoms with Gasteiger partial charge in [0.05, 0.1) is 11.1 Å². The Morgan fingerprint density at radius 2 is 2.05 bits per heavy atom. The van der Waals surface area contributed by atoms with E-state index in [0.717, 1.165) is 19.3 Å². The third-order valence-corrected chi connectivity index (χ3v) is 3.55. The fourth-order valence-corrected chi connectivity index (χ4v) is 2.06. The maximum Gasteiger partial charge on any atom is 0.254 e. The SMILES string of the molecule is CCCCCN(CCO)C(=O)c1ccc(Br)c(O)c1.